The van der Waals surface area contributed by atoms with Gasteiger partial charge in [0, 0.05) is 19.7 Å². The number of hydrogen-bond donors (Lipinski definition) is 2. The SMILES string of the molecule is CCNC(=NCC(C)Oc1ccccc1Br)NCC1CCCO1. The summed E-state index contributed by atoms with van der Waals surface area (Å²) < 4.78 is 12.5. The van der Waals surface area contributed by atoms with E-state index in [4.69, 9.17) is 9.47 Å². The first kappa shape index (κ1) is 18.1. The highest BCUT2D eigenvalue weighted by Crippen LogP contribution is 2.24. The first-order valence-corrected chi connectivity index (χ1v) is 9.03. The Balaban J connectivity index is 1.82. The number of halogens is 1. The Morgan fingerprint density at radius 3 is 2.96 bits per heavy atom. The molecular weight excluding hydrogens is 358 g/mol. The Morgan fingerprint density at radius 2 is 2.26 bits per heavy atom. The van der Waals surface area contributed by atoms with Crippen LogP contribution in [0.4, 0.5) is 0 Å². The summed E-state index contributed by atoms with van der Waals surface area (Å²) in [6, 6.07) is 7.85. The average Bonchev–Trinajstić information content (AvgIpc) is 3.06. The number of guanidine groups is 1. The monoisotopic (exact) mass is 383 g/mol. The van der Waals surface area contributed by atoms with E-state index in [9.17, 15) is 0 Å². The van der Waals surface area contributed by atoms with E-state index in [-0.39, 0.29) is 6.10 Å². The normalized spacial score (nSPS) is 19.4. The fourth-order valence-corrected chi connectivity index (χ4v) is 2.75. The van der Waals surface area contributed by atoms with E-state index in [1.165, 1.54) is 0 Å². The lowest BCUT2D eigenvalue weighted by Crippen LogP contribution is -2.41. The van der Waals surface area contributed by atoms with Gasteiger partial charge in [-0.05, 0) is 54.8 Å². The van der Waals surface area contributed by atoms with Gasteiger partial charge in [0.05, 0.1) is 17.1 Å². The number of nitrogens with one attached hydrogen (secondary N) is 2. The van der Waals surface area contributed by atoms with Gasteiger partial charge in [-0.2, -0.15) is 0 Å². The predicted octanol–water partition coefficient (Wildman–Crippen LogP) is 2.95. The molecule has 6 heteroatoms. The van der Waals surface area contributed by atoms with Crippen molar-refractivity contribution in [2.45, 2.75) is 38.9 Å². The van der Waals surface area contributed by atoms with Gasteiger partial charge in [-0.1, -0.05) is 12.1 Å². The minimum Gasteiger partial charge on any atom is -0.488 e. The van der Waals surface area contributed by atoms with Crippen LogP contribution in [-0.4, -0.2) is 44.4 Å². The van der Waals surface area contributed by atoms with E-state index in [1.54, 1.807) is 0 Å². The average molecular weight is 384 g/mol. The molecule has 0 aliphatic carbocycles. The molecule has 0 aromatic heterocycles. The van der Waals surface area contributed by atoms with Crippen molar-refractivity contribution < 1.29 is 9.47 Å². The van der Waals surface area contributed by atoms with E-state index >= 15 is 0 Å². The molecule has 2 rings (SSSR count). The molecule has 0 radical (unpaired) electrons. The Labute approximate surface area is 147 Å². The topological polar surface area (TPSA) is 54.9 Å². The van der Waals surface area contributed by atoms with Crippen molar-refractivity contribution in [3.8, 4) is 5.75 Å². The van der Waals surface area contributed by atoms with Gasteiger partial charge in [0.15, 0.2) is 5.96 Å². The molecule has 1 fully saturated rings. The molecule has 5 nitrogen and oxygen atoms in total. The zero-order chi connectivity index (χ0) is 16.5. The highest BCUT2D eigenvalue weighted by molar-refractivity contribution is 9.10. The number of ether oxygens (including phenoxy) is 2. The van der Waals surface area contributed by atoms with E-state index in [2.05, 4.69) is 38.5 Å². The third-order valence-electron chi connectivity index (χ3n) is 3.54. The summed E-state index contributed by atoms with van der Waals surface area (Å²) in [5.74, 6) is 1.65. The summed E-state index contributed by atoms with van der Waals surface area (Å²) in [7, 11) is 0. The minimum atomic E-state index is -0.00751. The van der Waals surface area contributed by atoms with Crippen molar-refractivity contribution in [1.82, 2.24) is 10.6 Å². The predicted molar refractivity (Wildman–Crippen MR) is 97.2 cm³/mol. The molecule has 1 aliphatic heterocycles. The fraction of sp³-hybridized carbons (Fsp3) is 0.588. The molecule has 0 amide bonds. The molecule has 1 heterocycles. The highest BCUT2D eigenvalue weighted by Gasteiger charge is 2.15. The Hall–Kier alpha value is -1.27. The van der Waals surface area contributed by atoms with Gasteiger partial charge in [0.25, 0.3) is 0 Å². The van der Waals surface area contributed by atoms with Crippen LogP contribution in [0.1, 0.15) is 26.7 Å². The maximum atomic E-state index is 5.92. The smallest absolute Gasteiger partial charge is 0.191 e. The lowest BCUT2D eigenvalue weighted by atomic mass is 10.2. The van der Waals surface area contributed by atoms with E-state index in [1.807, 2.05) is 31.2 Å². The van der Waals surface area contributed by atoms with Crippen LogP contribution >= 0.6 is 15.9 Å². The summed E-state index contributed by atoms with van der Waals surface area (Å²) >= 11 is 3.49. The van der Waals surface area contributed by atoms with Crippen LogP contribution in [0, 0.1) is 0 Å². The van der Waals surface area contributed by atoms with Crippen LogP contribution in [-0.2, 0) is 4.74 Å². The molecule has 2 N–H and O–H groups in total. The Kier molecular flexibility index (Phi) is 7.68. The molecule has 1 aromatic carbocycles. The van der Waals surface area contributed by atoms with E-state index in [0.717, 1.165) is 48.7 Å². The van der Waals surface area contributed by atoms with Crippen LogP contribution in [0.25, 0.3) is 0 Å². The molecule has 23 heavy (non-hydrogen) atoms. The first-order valence-electron chi connectivity index (χ1n) is 8.24. The summed E-state index contributed by atoms with van der Waals surface area (Å²) in [4.78, 5) is 4.60. The molecule has 1 aliphatic rings. The van der Waals surface area contributed by atoms with Gasteiger partial charge in [-0.25, -0.2) is 4.99 Å². The largest absolute Gasteiger partial charge is 0.488 e. The third kappa shape index (κ3) is 6.39. The second-order valence-electron chi connectivity index (χ2n) is 5.59. The van der Waals surface area contributed by atoms with Crippen molar-refractivity contribution in [3.63, 3.8) is 0 Å². The maximum absolute atomic E-state index is 5.92. The van der Waals surface area contributed by atoms with Gasteiger partial charge in [-0.3, -0.25) is 0 Å². The van der Waals surface area contributed by atoms with Crippen LogP contribution in [0.15, 0.2) is 33.7 Å². The van der Waals surface area contributed by atoms with E-state index < -0.39 is 0 Å². The molecule has 2 unspecified atom stereocenters. The number of hydrogen-bond acceptors (Lipinski definition) is 3. The van der Waals surface area contributed by atoms with Crippen LogP contribution in [0.5, 0.6) is 5.75 Å². The Bertz CT molecular complexity index is 504. The second kappa shape index (κ2) is 9.78. The van der Waals surface area contributed by atoms with Crippen molar-refractivity contribution in [2.75, 3.05) is 26.2 Å². The van der Waals surface area contributed by atoms with Gasteiger partial charge >= 0.3 is 0 Å². The van der Waals surface area contributed by atoms with Crippen molar-refractivity contribution >= 4 is 21.9 Å². The van der Waals surface area contributed by atoms with Crippen molar-refractivity contribution in [1.29, 1.82) is 0 Å². The molecule has 0 saturated carbocycles. The molecule has 128 valence electrons. The lowest BCUT2D eigenvalue weighted by Gasteiger charge is -2.17. The van der Waals surface area contributed by atoms with E-state index in [0.29, 0.717) is 12.6 Å². The van der Waals surface area contributed by atoms with Crippen LogP contribution < -0.4 is 15.4 Å². The van der Waals surface area contributed by atoms with Gasteiger partial charge in [-0.15, -0.1) is 0 Å². The molecule has 2 atom stereocenters. The number of para-hydroxylation sites is 1. The van der Waals surface area contributed by atoms with Crippen LogP contribution in [0.3, 0.4) is 0 Å². The molecule has 1 aromatic rings. The number of aliphatic imine (C=N–C) groups is 1. The zero-order valence-corrected chi connectivity index (χ0v) is 15.4. The molecular formula is C17H26BrN3O2. The third-order valence-corrected chi connectivity index (χ3v) is 4.19. The summed E-state index contributed by atoms with van der Waals surface area (Å²) in [6.45, 7) is 7.16. The van der Waals surface area contributed by atoms with Gasteiger partial charge < -0.3 is 20.1 Å². The standard InChI is InChI=1S/C17H26BrN3O2/c1-3-19-17(21-12-14-7-6-10-22-14)20-11-13(2)23-16-9-5-4-8-15(16)18/h4-5,8-9,13-14H,3,6-7,10-12H2,1-2H3,(H2,19,20,21). The maximum Gasteiger partial charge on any atom is 0.191 e. The summed E-state index contributed by atoms with van der Waals surface area (Å²) in [6.07, 6.45) is 2.56. The number of nitrogens with zero attached hydrogens (tertiary/aromatic N) is 1. The van der Waals surface area contributed by atoms with Crippen molar-refractivity contribution in [3.05, 3.63) is 28.7 Å². The van der Waals surface area contributed by atoms with Crippen LogP contribution in [0.2, 0.25) is 0 Å². The minimum absolute atomic E-state index is 0.00751. The second-order valence-corrected chi connectivity index (χ2v) is 6.45. The van der Waals surface area contributed by atoms with Gasteiger partial charge in [0.2, 0.25) is 0 Å². The molecule has 0 bridgehead atoms. The lowest BCUT2D eigenvalue weighted by molar-refractivity contribution is 0.113. The molecule has 0 spiro atoms. The molecule has 1 saturated heterocycles. The zero-order valence-electron chi connectivity index (χ0n) is 13.8. The highest BCUT2D eigenvalue weighted by atomic mass is 79.9. The Morgan fingerprint density at radius 1 is 1.43 bits per heavy atom. The number of benzene rings is 1. The summed E-state index contributed by atoms with van der Waals surface area (Å²) in [5, 5.41) is 6.60. The van der Waals surface area contributed by atoms with Crippen molar-refractivity contribution in [2.24, 2.45) is 4.99 Å². The first-order chi connectivity index (χ1) is 11.2. The summed E-state index contributed by atoms with van der Waals surface area (Å²) in [5.41, 5.74) is 0. The number of rotatable bonds is 7. The fourth-order valence-electron chi connectivity index (χ4n) is 2.37. The van der Waals surface area contributed by atoms with Gasteiger partial charge in [0.1, 0.15) is 11.9 Å². The quantitative estimate of drug-likeness (QED) is 0.561.